The van der Waals surface area contributed by atoms with Gasteiger partial charge in [-0.1, -0.05) is 13.8 Å². The Balaban J connectivity index is 2.56. The molecule has 1 aromatic carbocycles. The van der Waals surface area contributed by atoms with Crippen molar-refractivity contribution in [1.82, 2.24) is 0 Å². The number of carbonyl (C=O) groups is 1. The van der Waals surface area contributed by atoms with E-state index >= 15 is 0 Å². The van der Waals surface area contributed by atoms with Crippen LogP contribution in [0.1, 0.15) is 51.7 Å². The summed E-state index contributed by atoms with van der Waals surface area (Å²) in [5.74, 6) is -0.444. The predicted octanol–water partition coefficient (Wildman–Crippen LogP) is 3.27. The number of nitriles is 1. The van der Waals surface area contributed by atoms with Crippen molar-refractivity contribution in [2.75, 3.05) is 4.90 Å². The maximum absolute atomic E-state index is 12.7. The molecule has 0 saturated heterocycles. The summed E-state index contributed by atoms with van der Waals surface area (Å²) in [5, 5.41) is 20.1. The van der Waals surface area contributed by atoms with E-state index in [2.05, 4.69) is 6.07 Å². The van der Waals surface area contributed by atoms with Gasteiger partial charge in [-0.2, -0.15) is 5.26 Å². The molecule has 0 bridgehead atoms. The van der Waals surface area contributed by atoms with Crippen LogP contribution >= 0.6 is 0 Å². The Labute approximate surface area is 154 Å². The summed E-state index contributed by atoms with van der Waals surface area (Å²) in [5.41, 5.74) is 7.05. The van der Waals surface area contributed by atoms with Gasteiger partial charge in [0.05, 0.1) is 17.3 Å². The van der Waals surface area contributed by atoms with Crippen LogP contribution in [-0.4, -0.2) is 22.7 Å². The first-order valence-corrected chi connectivity index (χ1v) is 8.47. The van der Waals surface area contributed by atoms with Crippen LogP contribution < -0.4 is 10.6 Å². The van der Waals surface area contributed by atoms with Gasteiger partial charge in [-0.15, -0.1) is 0 Å². The van der Waals surface area contributed by atoms with Crippen LogP contribution in [0.2, 0.25) is 0 Å². The van der Waals surface area contributed by atoms with E-state index in [0.29, 0.717) is 22.5 Å². The smallest absolute Gasteiger partial charge is 0.333 e. The number of ether oxygens (including phenoxy) is 1. The van der Waals surface area contributed by atoms with Gasteiger partial charge >= 0.3 is 5.97 Å². The fraction of sp³-hybridized carbons (Fsp3) is 0.400. The molecule has 0 saturated carbocycles. The molecule has 1 aromatic rings. The monoisotopic (exact) mass is 355 g/mol. The average Bonchev–Trinajstić information content (AvgIpc) is 2.53. The van der Waals surface area contributed by atoms with E-state index < -0.39 is 17.6 Å². The van der Waals surface area contributed by atoms with E-state index in [1.165, 1.54) is 0 Å². The Morgan fingerprint density at radius 3 is 2.58 bits per heavy atom. The number of phenolic OH excluding ortho intramolecular Hbond substituents is 1. The van der Waals surface area contributed by atoms with Crippen LogP contribution in [0, 0.1) is 11.3 Å². The quantitative estimate of drug-likeness (QED) is 0.807. The summed E-state index contributed by atoms with van der Waals surface area (Å²) in [6.07, 6.45) is 4.81. The van der Waals surface area contributed by atoms with E-state index in [4.69, 9.17) is 10.5 Å². The number of rotatable bonds is 3. The number of allylic oxidation sites excluding steroid dienone is 1. The van der Waals surface area contributed by atoms with Gasteiger partial charge in [0, 0.05) is 11.9 Å². The van der Waals surface area contributed by atoms with E-state index in [1.807, 2.05) is 13.8 Å². The number of nitrogens with zero attached hydrogens (tertiary/aromatic N) is 2. The van der Waals surface area contributed by atoms with Gasteiger partial charge in [0.15, 0.2) is 6.04 Å². The molecule has 0 aromatic heterocycles. The van der Waals surface area contributed by atoms with Crippen LogP contribution in [0.15, 0.2) is 36.2 Å². The first kappa shape index (κ1) is 19.4. The topological polar surface area (TPSA) is 99.6 Å². The zero-order valence-corrected chi connectivity index (χ0v) is 15.8. The first-order valence-electron chi connectivity index (χ1n) is 8.47. The summed E-state index contributed by atoms with van der Waals surface area (Å²) in [6.45, 7) is 9.21. The highest BCUT2D eigenvalue weighted by atomic mass is 16.6. The highest BCUT2D eigenvalue weighted by molar-refractivity contribution is 5.86. The van der Waals surface area contributed by atoms with E-state index in [-0.39, 0.29) is 11.7 Å². The first-order chi connectivity index (χ1) is 12.0. The molecule has 0 aliphatic carbocycles. The summed E-state index contributed by atoms with van der Waals surface area (Å²) < 4.78 is 5.49. The molecule has 1 aliphatic heterocycles. The number of aromatic hydroxyl groups is 1. The minimum absolute atomic E-state index is 0.00341. The van der Waals surface area contributed by atoms with Crippen molar-refractivity contribution < 1.29 is 14.6 Å². The predicted molar refractivity (Wildman–Crippen MR) is 100 cm³/mol. The van der Waals surface area contributed by atoms with Crippen LogP contribution in [-0.2, 0) is 9.53 Å². The summed E-state index contributed by atoms with van der Waals surface area (Å²) in [7, 11) is 0. The number of phenols is 1. The van der Waals surface area contributed by atoms with Gasteiger partial charge in [0.25, 0.3) is 0 Å². The van der Waals surface area contributed by atoms with E-state index in [1.54, 1.807) is 56.2 Å². The molecule has 26 heavy (non-hydrogen) atoms. The lowest BCUT2D eigenvalue weighted by Crippen LogP contribution is -2.42. The lowest BCUT2D eigenvalue weighted by Gasteiger charge is -2.33. The fourth-order valence-corrected chi connectivity index (χ4v) is 2.70. The van der Waals surface area contributed by atoms with Crippen LogP contribution in [0.5, 0.6) is 5.75 Å². The molecule has 1 unspecified atom stereocenters. The molecule has 6 nitrogen and oxygen atoms in total. The van der Waals surface area contributed by atoms with Crippen LogP contribution in [0.4, 0.5) is 5.69 Å². The zero-order chi connectivity index (χ0) is 19.6. The lowest BCUT2D eigenvalue weighted by molar-refractivity contribution is -0.155. The van der Waals surface area contributed by atoms with Crippen molar-refractivity contribution in [3.63, 3.8) is 0 Å². The number of carbonyl (C=O) groups excluding carboxylic acids is 1. The molecule has 1 aliphatic rings. The normalized spacial score (nSPS) is 17.0. The molecule has 6 heteroatoms. The Kier molecular flexibility index (Phi) is 5.31. The fourth-order valence-electron chi connectivity index (χ4n) is 2.70. The van der Waals surface area contributed by atoms with Gasteiger partial charge in [-0.3, -0.25) is 0 Å². The third kappa shape index (κ3) is 4.17. The number of esters is 1. The summed E-state index contributed by atoms with van der Waals surface area (Å²) in [4.78, 5) is 14.2. The number of anilines is 1. The molecular formula is C20H25N3O3. The molecular weight excluding hydrogens is 330 g/mol. The lowest BCUT2D eigenvalue weighted by atomic mass is 9.97. The Bertz CT molecular complexity index is 811. The minimum atomic E-state index is -0.790. The largest absolute Gasteiger partial charge is 0.505 e. The molecule has 1 atom stereocenters. The second-order valence-electron chi connectivity index (χ2n) is 7.57. The molecule has 3 N–H and O–H groups in total. The highest BCUT2D eigenvalue weighted by Crippen LogP contribution is 2.38. The van der Waals surface area contributed by atoms with Gasteiger partial charge < -0.3 is 20.5 Å². The third-order valence-electron chi connectivity index (χ3n) is 3.86. The van der Waals surface area contributed by atoms with E-state index in [0.717, 1.165) is 0 Å². The molecule has 2 rings (SSSR count). The van der Waals surface area contributed by atoms with Gasteiger partial charge in [-0.25, -0.2) is 4.79 Å². The van der Waals surface area contributed by atoms with Crippen LogP contribution in [0.25, 0.3) is 0 Å². The van der Waals surface area contributed by atoms with Crippen molar-refractivity contribution in [2.45, 2.75) is 52.2 Å². The Hall–Kier alpha value is -2.94. The summed E-state index contributed by atoms with van der Waals surface area (Å²) in [6, 6.07) is 4.50. The minimum Gasteiger partial charge on any atom is -0.505 e. The Morgan fingerprint density at radius 1 is 1.38 bits per heavy atom. The van der Waals surface area contributed by atoms with E-state index in [9.17, 15) is 15.2 Å². The molecule has 0 fully saturated rings. The molecule has 0 radical (unpaired) electrons. The van der Waals surface area contributed by atoms with Crippen LogP contribution in [0.3, 0.4) is 0 Å². The number of hydrogen-bond acceptors (Lipinski definition) is 6. The number of hydrogen-bond donors (Lipinski definition) is 2. The van der Waals surface area contributed by atoms with Crippen molar-refractivity contribution in [1.29, 1.82) is 5.26 Å². The van der Waals surface area contributed by atoms with Gasteiger partial charge in [0.2, 0.25) is 0 Å². The Morgan fingerprint density at radius 2 is 2.04 bits per heavy atom. The number of benzene rings is 1. The maximum atomic E-state index is 12.7. The van der Waals surface area contributed by atoms with Crippen molar-refractivity contribution in [3.8, 4) is 11.8 Å². The molecule has 0 spiro atoms. The second kappa shape index (κ2) is 7.12. The average molecular weight is 355 g/mol. The number of nitrogens with two attached hydrogens (primary N) is 1. The molecule has 138 valence electrons. The summed E-state index contributed by atoms with van der Waals surface area (Å²) >= 11 is 0. The van der Waals surface area contributed by atoms with Gasteiger partial charge in [0.1, 0.15) is 11.4 Å². The molecule has 0 amide bonds. The van der Waals surface area contributed by atoms with Crippen molar-refractivity contribution in [3.05, 3.63) is 47.3 Å². The highest BCUT2D eigenvalue weighted by Gasteiger charge is 2.32. The zero-order valence-electron chi connectivity index (χ0n) is 15.8. The van der Waals surface area contributed by atoms with Crippen molar-refractivity contribution in [2.24, 2.45) is 5.73 Å². The second-order valence-corrected chi connectivity index (χ2v) is 7.57. The van der Waals surface area contributed by atoms with Crippen molar-refractivity contribution >= 4 is 11.7 Å². The van der Waals surface area contributed by atoms with Gasteiger partial charge in [-0.05, 0) is 56.5 Å². The third-order valence-corrected chi connectivity index (χ3v) is 3.86. The standard InChI is InChI=1S/C20H25N3O3/c1-12(2)15-8-13(10-21)9-17(18(15)24)23-11-14(22)6-7-16(23)19(25)26-20(3,4)5/h6-9,11-12,16,24H,22H2,1-5H3. The molecule has 1 heterocycles. The SMILES string of the molecule is CC(C)c1cc(C#N)cc(N2C=C(N)C=CC2C(=O)OC(C)(C)C)c1O. The maximum Gasteiger partial charge on any atom is 0.333 e.